The molecule has 3 rings (SSSR count). The van der Waals surface area contributed by atoms with E-state index < -0.39 is 34.8 Å². The highest BCUT2D eigenvalue weighted by Gasteiger charge is 2.46. The van der Waals surface area contributed by atoms with Crippen LogP contribution in [0.2, 0.25) is 0 Å². The first-order valence-electron chi connectivity index (χ1n) is 8.43. The molecule has 7 N–H and O–H groups in total. The van der Waals surface area contributed by atoms with Gasteiger partial charge in [0.25, 0.3) is 0 Å². The highest BCUT2D eigenvalue weighted by molar-refractivity contribution is 6.30. The molecule has 0 aliphatic heterocycles. The lowest BCUT2D eigenvalue weighted by atomic mass is 9.71. The molecule has 140 valence electrons. The van der Waals surface area contributed by atoms with Gasteiger partial charge in [0, 0.05) is 36.6 Å². The van der Waals surface area contributed by atoms with Crippen molar-refractivity contribution in [2.45, 2.75) is 37.9 Å². The van der Waals surface area contributed by atoms with Crippen LogP contribution in [0.15, 0.2) is 17.2 Å². The van der Waals surface area contributed by atoms with Crippen LogP contribution in [0.4, 0.5) is 5.69 Å². The second kappa shape index (κ2) is 6.39. The van der Waals surface area contributed by atoms with E-state index in [1.807, 2.05) is 0 Å². The van der Waals surface area contributed by atoms with Gasteiger partial charge >= 0.3 is 0 Å². The number of phenolic OH excluding ortho intramolecular Hbond substituents is 2. The first kappa shape index (κ1) is 18.4. The van der Waals surface area contributed by atoms with E-state index in [9.17, 15) is 30.0 Å². The smallest absolute Gasteiger partial charge is 0.196 e. The number of carbonyl (C=O) groups is 2. The van der Waals surface area contributed by atoms with Gasteiger partial charge in [0.2, 0.25) is 0 Å². The van der Waals surface area contributed by atoms with Crippen molar-refractivity contribution in [1.29, 1.82) is 0 Å². The number of aliphatic hydroxyl groups excluding tert-OH is 1. The fraction of sp³-hybridized carbons (Fsp3) is 0.444. The Morgan fingerprint density at radius 1 is 1.27 bits per heavy atom. The summed E-state index contributed by atoms with van der Waals surface area (Å²) in [6, 6.07) is 1.17. The normalized spacial score (nSPS) is 25.2. The van der Waals surface area contributed by atoms with Gasteiger partial charge in [0.1, 0.15) is 5.75 Å². The zero-order valence-corrected chi connectivity index (χ0v) is 14.4. The highest BCUT2D eigenvalue weighted by Crippen LogP contribution is 2.46. The molecule has 0 radical (unpaired) electrons. The summed E-state index contributed by atoms with van der Waals surface area (Å²) in [6.07, 6.45) is -0.920. The number of nitrogens with two attached hydrogens (primary N) is 1. The number of carbonyl (C=O) groups excluding carboxylic acids is 2. The van der Waals surface area contributed by atoms with Crippen molar-refractivity contribution >= 4 is 17.3 Å². The Balaban J connectivity index is 2.13. The zero-order valence-electron chi connectivity index (χ0n) is 14.4. The third-order valence-electron chi connectivity index (χ3n) is 4.80. The molecule has 0 amide bonds. The number of hydrogen-bond acceptors (Lipinski definition) is 8. The topological polar surface area (TPSA) is 153 Å². The molecule has 0 heterocycles. The van der Waals surface area contributed by atoms with Gasteiger partial charge in [0.05, 0.1) is 28.5 Å². The van der Waals surface area contributed by atoms with Crippen molar-refractivity contribution in [1.82, 2.24) is 0 Å². The third kappa shape index (κ3) is 2.86. The zero-order chi connectivity index (χ0) is 19.2. The van der Waals surface area contributed by atoms with E-state index in [0.717, 1.165) is 0 Å². The van der Waals surface area contributed by atoms with Crippen molar-refractivity contribution in [3.63, 3.8) is 0 Å². The van der Waals surface area contributed by atoms with Gasteiger partial charge in [-0.05, 0) is 19.9 Å². The Morgan fingerprint density at radius 3 is 2.62 bits per heavy atom. The molecule has 1 aromatic rings. The number of anilines is 1. The van der Waals surface area contributed by atoms with Gasteiger partial charge < -0.3 is 31.5 Å². The highest BCUT2D eigenvalue weighted by atomic mass is 16.3. The quantitative estimate of drug-likeness (QED) is 0.256. The number of aliphatic hydroxyl groups is 2. The van der Waals surface area contributed by atoms with Gasteiger partial charge in [-0.15, -0.1) is 0 Å². The van der Waals surface area contributed by atoms with Crippen LogP contribution in [-0.4, -0.2) is 56.8 Å². The number of hydrogen-bond donors (Lipinski definition) is 6. The number of Topliss-reactive ketones (excluding diaryl/α,β-unsaturated/α-hetero) is 2. The molecule has 8 heteroatoms. The number of rotatable bonds is 4. The second-order valence-corrected chi connectivity index (χ2v) is 7.05. The molecule has 0 aromatic heterocycles. The fourth-order valence-corrected chi connectivity index (χ4v) is 3.61. The molecule has 2 aliphatic carbocycles. The van der Waals surface area contributed by atoms with E-state index in [2.05, 4.69) is 5.32 Å². The molecule has 0 saturated heterocycles. The van der Waals surface area contributed by atoms with Crippen molar-refractivity contribution in [2.24, 2.45) is 5.73 Å². The second-order valence-electron chi connectivity index (χ2n) is 7.05. The molecule has 0 bridgehead atoms. The Labute approximate surface area is 149 Å². The van der Waals surface area contributed by atoms with Crippen LogP contribution in [0, 0.1) is 0 Å². The summed E-state index contributed by atoms with van der Waals surface area (Å²) in [5, 5.41) is 44.2. The number of phenols is 2. The number of fused-ring (bicyclic) bond motifs is 1. The monoisotopic (exact) mass is 362 g/mol. The van der Waals surface area contributed by atoms with Crippen molar-refractivity contribution < 1.29 is 30.0 Å². The van der Waals surface area contributed by atoms with Crippen LogP contribution in [0.1, 0.15) is 46.9 Å². The van der Waals surface area contributed by atoms with Crippen molar-refractivity contribution in [2.75, 3.05) is 18.4 Å². The summed E-state index contributed by atoms with van der Waals surface area (Å²) in [4.78, 5) is 25.7. The Bertz CT molecular complexity index is 827. The first-order chi connectivity index (χ1) is 12.2. The van der Waals surface area contributed by atoms with E-state index in [4.69, 9.17) is 5.73 Å². The lowest BCUT2D eigenvalue weighted by Gasteiger charge is -2.36. The van der Waals surface area contributed by atoms with Gasteiger partial charge in [-0.1, -0.05) is 0 Å². The van der Waals surface area contributed by atoms with E-state index >= 15 is 0 Å². The summed E-state index contributed by atoms with van der Waals surface area (Å²) in [7, 11) is 0. The lowest BCUT2D eigenvalue weighted by molar-refractivity contribution is 0.00374. The van der Waals surface area contributed by atoms with Crippen LogP contribution in [0.25, 0.3) is 0 Å². The number of nitrogens with one attached hydrogen (secondary N) is 1. The lowest BCUT2D eigenvalue weighted by Crippen LogP contribution is -2.42. The molecule has 0 spiro atoms. The average molecular weight is 362 g/mol. The molecule has 2 aliphatic rings. The van der Waals surface area contributed by atoms with E-state index in [1.165, 1.54) is 13.0 Å². The minimum Gasteiger partial charge on any atom is -0.507 e. The Kier molecular flexibility index (Phi) is 4.51. The summed E-state index contributed by atoms with van der Waals surface area (Å²) >= 11 is 0. The third-order valence-corrected chi connectivity index (χ3v) is 4.80. The van der Waals surface area contributed by atoms with Crippen LogP contribution >= 0.6 is 0 Å². The standard InChI is InChI=1S/C18H22N2O6/c1-18(26)6-8-12(11(22)7-18)17(25)13-10(21)5-9(20-4-2-3-19)16(24)14(13)15(8)23/h5,11,20-22,24,26H,2-4,6-7,19H2,1H3/t11-,18-/m0/s1. The summed E-state index contributed by atoms with van der Waals surface area (Å²) in [6.45, 7) is 2.30. The molecule has 1 aromatic carbocycles. The minimum atomic E-state index is -1.35. The Hall–Kier alpha value is -2.42. The van der Waals surface area contributed by atoms with Crippen LogP contribution in [-0.2, 0) is 0 Å². The number of aromatic hydroxyl groups is 2. The predicted octanol–water partition coefficient (Wildman–Crippen LogP) is 0.440. The van der Waals surface area contributed by atoms with Gasteiger partial charge in [-0.25, -0.2) is 0 Å². The maximum absolute atomic E-state index is 12.9. The van der Waals surface area contributed by atoms with Crippen molar-refractivity contribution in [3.8, 4) is 11.5 Å². The van der Waals surface area contributed by atoms with Crippen LogP contribution in [0.5, 0.6) is 11.5 Å². The molecule has 8 nitrogen and oxygen atoms in total. The van der Waals surface area contributed by atoms with Crippen molar-refractivity contribution in [3.05, 3.63) is 28.3 Å². The molecule has 26 heavy (non-hydrogen) atoms. The predicted molar refractivity (Wildman–Crippen MR) is 93.5 cm³/mol. The fourth-order valence-electron chi connectivity index (χ4n) is 3.61. The van der Waals surface area contributed by atoms with E-state index in [-0.39, 0.29) is 40.8 Å². The van der Waals surface area contributed by atoms with Gasteiger partial charge in [0.15, 0.2) is 17.3 Å². The van der Waals surface area contributed by atoms with E-state index in [1.54, 1.807) is 0 Å². The molecule has 0 saturated carbocycles. The minimum absolute atomic E-state index is 0.0277. The molecular formula is C18H22N2O6. The largest absolute Gasteiger partial charge is 0.507 e. The molecular weight excluding hydrogens is 340 g/mol. The van der Waals surface area contributed by atoms with Gasteiger partial charge in [-0.3, -0.25) is 9.59 Å². The van der Waals surface area contributed by atoms with E-state index in [0.29, 0.717) is 19.5 Å². The Morgan fingerprint density at radius 2 is 1.96 bits per heavy atom. The number of benzene rings is 1. The van der Waals surface area contributed by atoms with Crippen LogP contribution in [0.3, 0.4) is 0 Å². The average Bonchev–Trinajstić information content (AvgIpc) is 2.54. The first-order valence-corrected chi connectivity index (χ1v) is 8.43. The molecule has 0 fully saturated rings. The SMILES string of the molecule is C[C@]1(O)CC2=C(C(=O)c3c(O)cc(NCCCN)c(O)c3C2=O)[C@@H](O)C1. The number of ketones is 2. The summed E-state index contributed by atoms with van der Waals surface area (Å²) in [5.41, 5.74) is 3.41. The summed E-state index contributed by atoms with van der Waals surface area (Å²) < 4.78 is 0. The van der Waals surface area contributed by atoms with Gasteiger partial charge in [-0.2, -0.15) is 0 Å². The molecule has 2 atom stereocenters. The maximum atomic E-state index is 12.9. The maximum Gasteiger partial charge on any atom is 0.196 e. The summed E-state index contributed by atoms with van der Waals surface area (Å²) in [5.74, 6) is -2.29. The molecule has 0 unspecified atom stereocenters. The van der Waals surface area contributed by atoms with Crippen LogP contribution < -0.4 is 11.1 Å².